The molecule has 0 fully saturated rings. The van der Waals surface area contributed by atoms with Crippen LogP contribution in [0.15, 0.2) is 18.2 Å². The molecule has 1 aromatic rings. The first-order chi connectivity index (χ1) is 6.13. The molecule has 70 valence electrons. The van der Waals surface area contributed by atoms with E-state index in [4.69, 9.17) is 15.9 Å². The van der Waals surface area contributed by atoms with Crippen LogP contribution in [-0.2, 0) is 4.79 Å². The quantitative estimate of drug-likeness (QED) is 0.442. The highest BCUT2D eigenvalue weighted by molar-refractivity contribution is 5.75. The van der Waals surface area contributed by atoms with E-state index in [1.54, 1.807) is 0 Å². The molecule has 0 aromatic heterocycles. The number of rotatable bonds is 2. The number of phenols is 2. The predicted octanol–water partition coefficient (Wildman–Crippen LogP) is -0.0381. The van der Waals surface area contributed by atoms with Gasteiger partial charge in [-0.2, -0.15) is 0 Å². The molecule has 0 amide bonds. The van der Waals surface area contributed by atoms with Crippen LogP contribution in [0.1, 0.15) is 0 Å². The molecule has 1 rings (SSSR count). The van der Waals surface area contributed by atoms with E-state index in [-0.39, 0.29) is 23.8 Å². The van der Waals surface area contributed by atoms with E-state index in [1.807, 2.05) is 0 Å². The van der Waals surface area contributed by atoms with Crippen LogP contribution >= 0.6 is 0 Å². The maximum Gasteiger partial charge on any atom is 0.325 e. The number of ether oxygens (including phenoxy) is 1. The SMILES string of the molecule is NCC(=O)Oc1ccc(O)cc1O. The van der Waals surface area contributed by atoms with Crippen molar-refractivity contribution < 1.29 is 19.7 Å². The molecular weight excluding hydrogens is 174 g/mol. The number of carbonyl (C=O) groups is 1. The summed E-state index contributed by atoms with van der Waals surface area (Å²) in [4.78, 5) is 10.7. The summed E-state index contributed by atoms with van der Waals surface area (Å²) < 4.78 is 4.62. The third kappa shape index (κ3) is 2.34. The van der Waals surface area contributed by atoms with Gasteiger partial charge in [-0.15, -0.1) is 0 Å². The summed E-state index contributed by atoms with van der Waals surface area (Å²) in [6.45, 7) is -0.264. The number of hydrogen-bond donors (Lipinski definition) is 3. The van der Waals surface area contributed by atoms with Crippen molar-refractivity contribution >= 4 is 5.97 Å². The topological polar surface area (TPSA) is 92.8 Å². The summed E-state index contributed by atoms with van der Waals surface area (Å²) >= 11 is 0. The number of aromatic hydroxyl groups is 2. The van der Waals surface area contributed by atoms with Crippen LogP contribution in [0.5, 0.6) is 17.2 Å². The zero-order valence-electron chi connectivity index (χ0n) is 6.73. The van der Waals surface area contributed by atoms with Crippen molar-refractivity contribution in [3.8, 4) is 17.2 Å². The van der Waals surface area contributed by atoms with Gasteiger partial charge in [-0.25, -0.2) is 0 Å². The fourth-order valence-corrected chi connectivity index (χ4v) is 0.756. The Morgan fingerprint density at radius 3 is 2.69 bits per heavy atom. The Kier molecular flexibility index (Phi) is 2.71. The molecule has 0 spiro atoms. The van der Waals surface area contributed by atoms with Crippen LogP contribution in [-0.4, -0.2) is 22.7 Å². The maximum atomic E-state index is 10.7. The van der Waals surface area contributed by atoms with Gasteiger partial charge in [0, 0.05) is 6.07 Å². The van der Waals surface area contributed by atoms with Gasteiger partial charge in [0.25, 0.3) is 0 Å². The maximum absolute atomic E-state index is 10.7. The van der Waals surface area contributed by atoms with Crippen LogP contribution < -0.4 is 10.5 Å². The first kappa shape index (κ1) is 9.34. The summed E-state index contributed by atoms with van der Waals surface area (Å²) in [7, 11) is 0. The van der Waals surface area contributed by atoms with Gasteiger partial charge < -0.3 is 20.7 Å². The fourth-order valence-electron chi connectivity index (χ4n) is 0.756. The smallest absolute Gasteiger partial charge is 0.325 e. The van der Waals surface area contributed by atoms with Crippen molar-refractivity contribution in [2.45, 2.75) is 0 Å². The molecular formula is C8H9NO4. The first-order valence-electron chi connectivity index (χ1n) is 3.56. The second-order valence-corrected chi connectivity index (χ2v) is 2.33. The van der Waals surface area contributed by atoms with Gasteiger partial charge in [-0.05, 0) is 12.1 Å². The second kappa shape index (κ2) is 3.77. The molecule has 4 N–H and O–H groups in total. The number of hydrogen-bond acceptors (Lipinski definition) is 5. The monoisotopic (exact) mass is 183 g/mol. The van der Waals surface area contributed by atoms with Crippen LogP contribution in [0.3, 0.4) is 0 Å². The molecule has 0 aliphatic heterocycles. The van der Waals surface area contributed by atoms with E-state index >= 15 is 0 Å². The molecule has 0 saturated carbocycles. The molecule has 0 aliphatic rings. The lowest BCUT2D eigenvalue weighted by Crippen LogP contribution is -2.19. The lowest BCUT2D eigenvalue weighted by Gasteiger charge is -2.04. The van der Waals surface area contributed by atoms with Crippen LogP contribution in [0.4, 0.5) is 0 Å². The Morgan fingerprint density at radius 2 is 2.15 bits per heavy atom. The Labute approximate surface area is 74.4 Å². The largest absolute Gasteiger partial charge is 0.508 e. The van der Waals surface area contributed by atoms with Gasteiger partial charge in [-0.1, -0.05) is 0 Å². The van der Waals surface area contributed by atoms with Crippen LogP contribution in [0.25, 0.3) is 0 Å². The summed E-state index contributed by atoms with van der Waals surface area (Å²) in [5, 5.41) is 18.1. The molecule has 5 heteroatoms. The van der Waals surface area contributed by atoms with Crippen LogP contribution in [0.2, 0.25) is 0 Å². The van der Waals surface area contributed by atoms with E-state index in [9.17, 15) is 4.79 Å². The molecule has 5 nitrogen and oxygen atoms in total. The highest BCUT2D eigenvalue weighted by Crippen LogP contribution is 2.29. The predicted molar refractivity (Wildman–Crippen MR) is 44.5 cm³/mol. The second-order valence-electron chi connectivity index (χ2n) is 2.33. The van der Waals surface area contributed by atoms with Gasteiger partial charge in [-0.3, -0.25) is 4.79 Å². The molecule has 0 aliphatic carbocycles. The minimum Gasteiger partial charge on any atom is -0.508 e. The van der Waals surface area contributed by atoms with Gasteiger partial charge in [0.15, 0.2) is 11.5 Å². The number of esters is 1. The average molecular weight is 183 g/mol. The minimum absolute atomic E-state index is 0.0201. The normalized spacial score (nSPS) is 9.62. The van der Waals surface area contributed by atoms with Gasteiger partial charge in [0.1, 0.15) is 5.75 Å². The number of carbonyl (C=O) groups excluding carboxylic acids is 1. The van der Waals surface area contributed by atoms with Crippen LogP contribution in [0, 0.1) is 0 Å². The fraction of sp³-hybridized carbons (Fsp3) is 0.125. The Morgan fingerprint density at radius 1 is 1.46 bits per heavy atom. The molecule has 0 saturated heterocycles. The van der Waals surface area contributed by atoms with E-state index < -0.39 is 5.97 Å². The van der Waals surface area contributed by atoms with E-state index in [2.05, 4.69) is 4.74 Å². The van der Waals surface area contributed by atoms with Crippen molar-refractivity contribution in [1.82, 2.24) is 0 Å². The van der Waals surface area contributed by atoms with Crippen molar-refractivity contribution in [2.75, 3.05) is 6.54 Å². The zero-order chi connectivity index (χ0) is 9.84. The van der Waals surface area contributed by atoms with Gasteiger partial charge in [0.05, 0.1) is 6.54 Å². The van der Waals surface area contributed by atoms with E-state index in [0.717, 1.165) is 6.07 Å². The lowest BCUT2D eigenvalue weighted by atomic mass is 10.3. The first-order valence-corrected chi connectivity index (χ1v) is 3.56. The summed E-state index contributed by atoms with van der Waals surface area (Å²) in [5.41, 5.74) is 4.99. The highest BCUT2D eigenvalue weighted by Gasteiger charge is 2.07. The molecule has 1 aromatic carbocycles. The highest BCUT2D eigenvalue weighted by atomic mass is 16.5. The molecule has 0 atom stereocenters. The lowest BCUT2D eigenvalue weighted by molar-refractivity contribution is -0.132. The molecule has 0 unspecified atom stereocenters. The minimum atomic E-state index is -0.652. The van der Waals surface area contributed by atoms with E-state index in [1.165, 1.54) is 12.1 Å². The standard InChI is InChI=1S/C8H9NO4/c9-4-8(12)13-7-2-1-5(10)3-6(7)11/h1-3,10-11H,4,9H2. The van der Waals surface area contributed by atoms with Crippen molar-refractivity contribution in [3.05, 3.63) is 18.2 Å². The summed E-state index contributed by atoms with van der Waals surface area (Å²) in [6, 6.07) is 3.64. The van der Waals surface area contributed by atoms with Gasteiger partial charge >= 0.3 is 5.97 Å². The zero-order valence-corrected chi connectivity index (χ0v) is 6.73. The molecule has 0 bridgehead atoms. The van der Waals surface area contributed by atoms with Crippen molar-refractivity contribution in [3.63, 3.8) is 0 Å². The third-order valence-corrected chi connectivity index (χ3v) is 1.33. The van der Waals surface area contributed by atoms with Gasteiger partial charge in [0.2, 0.25) is 0 Å². The van der Waals surface area contributed by atoms with Crippen molar-refractivity contribution in [1.29, 1.82) is 0 Å². The number of phenolic OH excluding ortho intramolecular Hbond substituents is 2. The number of benzene rings is 1. The molecule has 0 heterocycles. The third-order valence-electron chi connectivity index (χ3n) is 1.33. The Balaban J connectivity index is 2.83. The average Bonchev–Trinajstić information content (AvgIpc) is 2.09. The van der Waals surface area contributed by atoms with Crippen molar-refractivity contribution in [2.24, 2.45) is 5.73 Å². The Bertz CT molecular complexity index is 324. The summed E-state index contributed by atoms with van der Waals surface area (Å²) in [5.74, 6) is -1.08. The Hall–Kier alpha value is -1.75. The molecule has 0 radical (unpaired) electrons. The number of nitrogens with two attached hydrogens (primary N) is 1. The molecule has 13 heavy (non-hydrogen) atoms. The summed E-state index contributed by atoms with van der Waals surface area (Å²) in [6.07, 6.45) is 0. The van der Waals surface area contributed by atoms with E-state index in [0.29, 0.717) is 0 Å².